The van der Waals surface area contributed by atoms with Gasteiger partial charge in [0, 0.05) is 12.4 Å². The van der Waals surface area contributed by atoms with E-state index in [2.05, 4.69) is 16.7 Å². The van der Waals surface area contributed by atoms with Crippen molar-refractivity contribution in [2.75, 3.05) is 13.8 Å². The number of benzene rings is 2. The number of fused-ring (bicyclic) bond motifs is 3. The number of nitrogens with zero attached hydrogens (tertiary/aromatic N) is 1. The number of imide groups is 1. The van der Waals surface area contributed by atoms with Gasteiger partial charge in [0.2, 0.25) is 6.79 Å². The average Bonchev–Trinajstić information content (AvgIpc) is 3.35. The van der Waals surface area contributed by atoms with Crippen LogP contribution in [0.25, 0.3) is 22.6 Å². The van der Waals surface area contributed by atoms with Gasteiger partial charge in [-0.25, -0.2) is 14.6 Å². The molecule has 2 N–H and O–H groups in total. The Labute approximate surface area is 207 Å². The van der Waals surface area contributed by atoms with Crippen LogP contribution < -0.4 is 20.1 Å². The number of esters is 1. The summed E-state index contributed by atoms with van der Waals surface area (Å²) >= 11 is 0. The van der Waals surface area contributed by atoms with Gasteiger partial charge in [0.1, 0.15) is 0 Å². The van der Waals surface area contributed by atoms with Gasteiger partial charge < -0.3 is 19.5 Å². The Hall–Kier alpha value is -4.40. The summed E-state index contributed by atoms with van der Waals surface area (Å²) in [6, 6.07) is 12.4. The van der Waals surface area contributed by atoms with E-state index in [-0.39, 0.29) is 6.79 Å². The van der Waals surface area contributed by atoms with Gasteiger partial charge in [0.15, 0.2) is 17.6 Å². The van der Waals surface area contributed by atoms with Crippen LogP contribution in [0.15, 0.2) is 42.5 Å². The second kappa shape index (κ2) is 9.69. The van der Waals surface area contributed by atoms with Crippen molar-refractivity contribution in [1.29, 1.82) is 0 Å². The standard InChI is InChI=1S/C27H25N3O6/c1-15(25(31)30-27(33)28-2)36-26(32)23-18-7-3-4-9-20(18)29-24-17(6-5-8-19(23)24)12-16-10-11-21-22(13-16)35-14-34-21/h3-4,7,9-13,15H,5-6,8,14H2,1-2H3,(H2,28,30,31,33). The fourth-order valence-corrected chi connectivity index (χ4v) is 4.46. The number of carbonyl (C=O) groups excluding carboxylic acids is 3. The number of nitrogens with one attached hydrogen (secondary N) is 2. The first kappa shape index (κ1) is 23.3. The fraction of sp³-hybridized carbons (Fsp3) is 0.259. The van der Waals surface area contributed by atoms with E-state index in [1.54, 1.807) is 0 Å². The average molecular weight is 488 g/mol. The van der Waals surface area contributed by atoms with E-state index in [1.165, 1.54) is 14.0 Å². The van der Waals surface area contributed by atoms with E-state index in [9.17, 15) is 14.4 Å². The van der Waals surface area contributed by atoms with E-state index >= 15 is 0 Å². The first-order chi connectivity index (χ1) is 17.4. The molecule has 0 spiro atoms. The fourth-order valence-electron chi connectivity index (χ4n) is 4.46. The summed E-state index contributed by atoms with van der Waals surface area (Å²) in [4.78, 5) is 42.1. The van der Waals surface area contributed by atoms with Crippen molar-refractivity contribution in [3.8, 4) is 11.5 Å². The lowest BCUT2D eigenvalue weighted by Gasteiger charge is -2.23. The van der Waals surface area contributed by atoms with Crippen molar-refractivity contribution in [3.63, 3.8) is 0 Å². The van der Waals surface area contributed by atoms with Gasteiger partial charge in [-0.1, -0.05) is 24.3 Å². The zero-order chi connectivity index (χ0) is 25.2. The lowest BCUT2D eigenvalue weighted by molar-refractivity contribution is -0.127. The second-order valence-electron chi connectivity index (χ2n) is 8.58. The number of hydrogen-bond donors (Lipinski definition) is 2. The Morgan fingerprint density at radius 3 is 2.72 bits per heavy atom. The zero-order valence-corrected chi connectivity index (χ0v) is 19.9. The molecule has 0 fully saturated rings. The highest BCUT2D eigenvalue weighted by Crippen LogP contribution is 2.38. The number of ether oxygens (including phenoxy) is 3. The second-order valence-corrected chi connectivity index (χ2v) is 8.58. The van der Waals surface area contributed by atoms with E-state index in [0.29, 0.717) is 34.4 Å². The minimum absolute atomic E-state index is 0.205. The van der Waals surface area contributed by atoms with Crippen molar-refractivity contribution in [3.05, 3.63) is 64.8 Å². The molecule has 1 unspecified atom stereocenters. The Morgan fingerprint density at radius 2 is 1.89 bits per heavy atom. The molecule has 2 heterocycles. The monoisotopic (exact) mass is 487 g/mol. The number of para-hydroxylation sites is 1. The first-order valence-corrected chi connectivity index (χ1v) is 11.7. The summed E-state index contributed by atoms with van der Waals surface area (Å²) in [6.07, 6.45) is 3.16. The third-order valence-corrected chi connectivity index (χ3v) is 6.23. The molecular formula is C27H25N3O6. The third kappa shape index (κ3) is 4.47. The zero-order valence-electron chi connectivity index (χ0n) is 19.9. The minimum Gasteiger partial charge on any atom is -0.454 e. The molecule has 1 aliphatic carbocycles. The van der Waals surface area contributed by atoms with Gasteiger partial charge >= 0.3 is 12.0 Å². The number of pyridine rings is 1. The van der Waals surface area contributed by atoms with E-state index in [1.807, 2.05) is 42.5 Å². The number of urea groups is 1. The quantitative estimate of drug-likeness (QED) is 0.537. The molecule has 36 heavy (non-hydrogen) atoms. The molecule has 3 aromatic rings. The van der Waals surface area contributed by atoms with Gasteiger partial charge in [0.25, 0.3) is 5.91 Å². The SMILES string of the molecule is CNC(=O)NC(=O)C(C)OC(=O)c1c2c(nc3ccccc13)C(=Cc1ccc3c(c1)OCO3)CCC2. The van der Waals surface area contributed by atoms with Crippen LogP contribution in [0.1, 0.15) is 46.9 Å². The molecule has 2 aromatic carbocycles. The molecule has 184 valence electrons. The summed E-state index contributed by atoms with van der Waals surface area (Å²) < 4.78 is 16.4. The molecular weight excluding hydrogens is 462 g/mol. The van der Waals surface area contributed by atoms with Crippen molar-refractivity contribution in [2.24, 2.45) is 0 Å². The van der Waals surface area contributed by atoms with Crippen molar-refractivity contribution < 1.29 is 28.6 Å². The molecule has 0 bridgehead atoms. The van der Waals surface area contributed by atoms with Crippen LogP contribution in [0.2, 0.25) is 0 Å². The van der Waals surface area contributed by atoms with Crippen LogP contribution in [0.5, 0.6) is 11.5 Å². The molecule has 9 nitrogen and oxygen atoms in total. The highest BCUT2D eigenvalue weighted by molar-refractivity contribution is 6.07. The molecule has 0 saturated carbocycles. The predicted octanol–water partition coefficient (Wildman–Crippen LogP) is 3.84. The summed E-state index contributed by atoms with van der Waals surface area (Å²) in [5.74, 6) is 0.0668. The normalized spacial score (nSPS) is 15.8. The van der Waals surface area contributed by atoms with E-state index in [0.717, 1.165) is 35.2 Å². The molecule has 5 rings (SSSR count). The molecule has 1 aromatic heterocycles. The molecule has 1 aliphatic heterocycles. The maximum absolute atomic E-state index is 13.4. The number of hydrogen-bond acceptors (Lipinski definition) is 7. The van der Waals surface area contributed by atoms with Crippen molar-refractivity contribution in [2.45, 2.75) is 32.3 Å². The number of aromatic nitrogens is 1. The molecule has 1 atom stereocenters. The van der Waals surface area contributed by atoms with Crippen LogP contribution in [0.4, 0.5) is 4.79 Å². The number of amides is 3. The molecule has 2 aliphatic rings. The Balaban J connectivity index is 1.54. The summed E-state index contributed by atoms with van der Waals surface area (Å²) in [5.41, 5.74) is 4.53. The largest absolute Gasteiger partial charge is 0.454 e. The smallest absolute Gasteiger partial charge is 0.339 e. The predicted molar refractivity (Wildman–Crippen MR) is 133 cm³/mol. The van der Waals surface area contributed by atoms with E-state index in [4.69, 9.17) is 19.2 Å². The Morgan fingerprint density at radius 1 is 1.08 bits per heavy atom. The van der Waals surface area contributed by atoms with E-state index < -0.39 is 24.0 Å². The number of carbonyl (C=O) groups is 3. The highest BCUT2D eigenvalue weighted by Gasteiger charge is 2.28. The Bertz CT molecular complexity index is 1410. The topological polar surface area (TPSA) is 116 Å². The van der Waals surface area contributed by atoms with Gasteiger partial charge in [-0.05, 0) is 67.2 Å². The van der Waals surface area contributed by atoms with Crippen LogP contribution in [-0.2, 0) is 16.0 Å². The molecule has 0 radical (unpaired) electrons. The minimum atomic E-state index is -1.16. The molecule has 3 amide bonds. The summed E-state index contributed by atoms with van der Waals surface area (Å²) in [6.45, 7) is 1.63. The summed E-state index contributed by atoms with van der Waals surface area (Å²) in [5, 5.41) is 5.09. The van der Waals surface area contributed by atoms with Crippen LogP contribution >= 0.6 is 0 Å². The lowest BCUT2D eigenvalue weighted by Crippen LogP contribution is -2.43. The third-order valence-electron chi connectivity index (χ3n) is 6.23. The molecule has 9 heteroatoms. The number of allylic oxidation sites excluding steroid dienone is 1. The van der Waals surface area contributed by atoms with Crippen LogP contribution in [0.3, 0.4) is 0 Å². The maximum atomic E-state index is 13.4. The van der Waals surface area contributed by atoms with Crippen LogP contribution in [-0.4, -0.2) is 42.8 Å². The van der Waals surface area contributed by atoms with Crippen molar-refractivity contribution in [1.82, 2.24) is 15.6 Å². The number of rotatable bonds is 4. The van der Waals surface area contributed by atoms with Gasteiger partial charge in [-0.2, -0.15) is 0 Å². The van der Waals surface area contributed by atoms with Gasteiger partial charge in [-0.3, -0.25) is 10.1 Å². The summed E-state index contributed by atoms with van der Waals surface area (Å²) in [7, 11) is 1.39. The maximum Gasteiger partial charge on any atom is 0.339 e. The van der Waals surface area contributed by atoms with Gasteiger partial charge in [-0.15, -0.1) is 0 Å². The Kier molecular flexibility index (Phi) is 6.28. The first-order valence-electron chi connectivity index (χ1n) is 11.7. The lowest BCUT2D eigenvalue weighted by atomic mass is 9.86. The van der Waals surface area contributed by atoms with Crippen molar-refractivity contribution >= 4 is 40.5 Å². The van der Waals surface area contributed by atoms with Crippen LogP contribution in [0, 0.1) is 0 Å². The van der Waals surface area contributed by atoms with Gasteiger partial charge in [0.05, 0.1) is 16.8 Å². The molecule has 0 saturated heterocycles. The highest BCUT2D eigenvalue weighted by atomic mass is 16.7.